The van der Waals surface area contributed by atoms with Crippen LogP contribution in [0.1, 0.15) is 23.1 Å². The molecule has 4 rings (SSSR count). The smallest absolute Gasteiger partial charge is 0.242 e. The van der Waals surface area contributed by atoms with Crippen molar-refractivity contribution in [2.45, 2.75) is 32.4 Å². The van der Waals surface area contributed by atoms with Gasteiger partial charge in [-0.15, -0.1) is 0 Å². The van der Waals surface area contributed by atoms with Crippen LogP contribution in [0.4, 0.5) is 10.8 Å². The summed E-state index contributed by atoms with van der Waals surface area (Å²) in [6.45, 7) is 5.98. The second kappa shape index (κ2) is 8.20. The van der Waals surface area contributed by atoms with E-state index in [-0.39, 0.29) is 18.2 Å². The van der Waals surface area contributed by atoms with Crippen LogP contribution in [0, 0.1) is 20.8 Å². The third-order valence-corrected chi connectivity index (χ3v) is 7.09. The summed E-state index contributed by atoms with van der Waals surface area (Å²) in [6.07, 6.45) is 0.0967. The molecule has 1 aliphatic rings. The highest BCUT2D eigenvalue weighted by atomic mass is 32.2. The Bertz CT molecular complexity index is 1130. The Kier molecular flexibility index (Phi) is 5.62. The lowest BCUT2D eigenvalue weighted by Gasteiger charge is -2.14. The molecule has 1 N–H and O–H groups in total. The zero-order valence-electron chi connectivity index (χ0n) is 17.2. The van der Waals surface area contributed by atoms with Gasteiger partial charge in [0.15, 0.2) is 5.17 Å². The molecule has 0 bridgehead atoms. The van der Waals surface area contributed by atoms with Gasteiger partial charge < -0.3 is 5.32 Å². The van der Waals surface area contributed by atoms with Crippen molar-refractivity contribution in [1.82, 2.24) is 9.88 Å². The second-order valence-electron chi connectivity index (χ2n) is 7.39. The summed E-state index contributed by atoms with van der Waals surface area (Å²) in [7, 11) is 1.69. The van der Waals surface area contributed by atoms with E-state index in [0.717, 1.165) is 32.6 Å². The number of nitrogens with zero attached hydrogens (tertiary/aromatic N) is 3. The molecular formula is C22H22N4O2S2. The van der Waals surface area contributed by atoms with Crippen molar-refractivity contribution in [2.24, 2.45) is 4.99 Å². The van der Waals surface area contributed by atoms with Crippen LogP contribution in [0.2, 0.25) is 0 Å². The number of aromatic nitrogens is 1. The highest BCUT2D eigenvalue weighted by molar-refractivity contribution is 8.15. The molecule has 1 unspecified atom stereocenters. The van der Waals surface area contributed by atoms with Gasteiger partial charge in [-0.1, -0.05) is 52.9 Å². The minimum Gasteiger partial charge on any atom is -0.326 e. The first kappa shape index (κ1) is 20.6. The molecule has 1 aliphatic heterocycles. The number of aliphatic imine (C=N–C) groups is 1. The predicted molar refractivity (Wildman–Crippen MR) is 125 cm³/mol. The number of hydrogen-bond donors (Lipinski definition) is 1. The molecule has 0 aliphatic carbocycles. The molecule has 154 valence electrons. The molecule has 0 spiro atoms. The standard InChI is InChI=1S/C22H22N4O2S2/c1-12-9-13(2)19(14(3)10-12)24-18(27)11-17-20(28)26(4)22(30-17)25-21-23-15-7-5-6-8-16(15)29-21/h5-10,17H,11H2,1-4H3,(H,24,27). The van der Waals surface area contributed by atoms with Gasteiger partial charge in [0.05, 0.1) is 10.2 Å². The van der Waals surface area contributed by atoms with Crippen LogP contribution in [0.15, 0.2) is 41.4 Å². The maximum absolute atomic E-state index is 12.7. The molecule has 3 aromatic rings. The lowest BCUT2D eigenvalue weighted by atomic mass is 10.0. The number of rotatable bonds is 4. The van der Waals surface area contributed by atoms with E-state index in [4.69, 9.17) is 0 Å². The number of aryl methyl sites for hydroxylation is 3. The van der Waals surface area contributed by atoms with Crippen molar-refractivity contribution in [2.75, 3.05) is 12.4 Å². The minimum absolute atomic E-state index is 0.0967. The molecule has 2 aromatic carbocycles. The Morgan fingerprint density at radius 2 is 1.90 bits per heavy atom. The van der Waals surface area contributed by atoms with Gasteiger partial charge in [-0.2, -0.15) is 4.99 Å². The van der Waals surface area contributed by atoms with Crippen LogP contribution in [0.3, 0.4) is 0 Å². The fraction of sp³-hybridized carbons (Fsp3) is 0.273. The Morgan fingerprint density at radius 1 is 1.20 bits per heavy atom. The van der Waals surface area contributed by atoms with Crippen molar-refractivity contribution in [3.63, 3.8) is 0 Å². The molecule has 1 atom stereocenters. The summed E-state index contributed by atoms with van der Waals surface area (Å²) in [4.78, 5) is 35.9. The maximum Gasteiger partial charge on any atom is 0.242 e. The Balaban J connectivity index is 1.48. The number of amides is 2. The number of anilines is 1. The maximum atomic E-state index is 12.7. The fourth-order valence-electron chi connectivity index (χ4n) is 3.52. The lowest BCUT2D eigenvalue weighted by Crippen LogP contribution is -2.30. The predicted octanol–water partition coefficient (Wildman–Crippen LogP) is 4.81. The van der Waals surface area contributed by atoms with Gasteiger partial charge >= 0.3 is 0 Å². The van der Waals surface area contributed by atoms with Crippen LogP contribution in [0.5, 0.6) is 0 Å². The summed E-state index contributed by atoms with van der Waals surface area (Å²) in [6, 6.07) is 11.9. The van der Waals surface area contributed by atoms with E-state index in [9.17, 15) is 9.59 Å². The van der Waals surface area contributed by atoms with Gasteiger partial charge in [0, 0.05) is 19.2 Å². The lowest BCUT2D eigenvalue weighted by molar-refractivity contribution is -0.127. The number of carbonyl (C=O) groups is 2. The molecule has 0 radical (unpaired) electrons. The van der Waals surface area contributed by atoms with Crippen LogP contribution >= 0.6 is 23.1 Å². The van der Waals surface area contributed by atoms with Gasteiger partial charge in [0.1, 0.15) is 5.25 Å². The first-order valence-corrected chi connectivity index (χ1v) is 11.3. The van der Waals surface area contributed by atoms with E-state index in [1.165, 1.54) is 28.0 Å². The molecular weight excluding hydrogens is 416 g/mol. The number of hydrogen-bond acceptors (Lipinski definition) is 6. The summed E-state index contributed by atoms with van der Waals surface area (Å²) in [5.41, 5.74) is 4.89. The van der Waals surface area contributed by atoms with Crippen LogP contribution in [-0.2, 0) is 9.59 Å². The van der Waals surface area contributed by atoms with E-state index in [0.29, 0.717) is 10.3 Å². The average molecular weight is 439 g/mol. The SMILES string of the molecule is Cc1cc(C)c(NC(=O)CC2SC(=Nc3nc4ccccc4s3)N(C)C2=O)c(C)c1. The van der Waals surface area contributed by atoms with E-state index in [1.54, 1.807) is 7.05 Å². The monoisotopic (exact) mass is 438 g/mol. The van der Waals surface area contributed by atoms with E-state index >= 15 is 0 Å². The number of carbonyl (C=O) groups excluding carboxylic acids is 2. The third-order valence-electron chi connectivity index (χ3n) is 4.93. The normalized spacial score (nSPS) is 17.9. The second-order valence-corrected chi connectivity index (χ2v) is 9.57. The fourth-order valence-corrected chi connectivity index (χ4v) is 5.55. The molecule has 6 nitrogen and oxygen atoms in total. The molecule has 2 heterocycles. The zero-order chi connectivity index (χ0) is 21.4. The Morgan fingerprint density at radius 3 is 2.60 bits per heavy atom. The molecule has 1 aromatic heterocycles. The number of benzene rings is 2. The summed E-state index contributed by atoms with van der Waals surface area (Å²) in [5.74, 6) is -0.294. The van der Waals surface area contributed by atoms with Gasteiger partial charge in [-0.25, -0.2) is 4.98 Å². The van der Waals surface area contributed by atoms with Crippen molar-refractivity contribution in [1.29, 1.82) is 0 Å². The van der Waals surface area contributed by atoms with Crippen molar-refractivity contribution < 1.29 is 9.59 Å². The van der Waals surface area contributed by atoms with Gasteiger partial charge in [-0.3, -0.25) is 14.5 Å². The highest BCUT2D eigenvalue weighted by Gasteiger charge is 2.37. The van der Waals surface area contributed by atoms with Gasteiger partial charge in [0.25, 0.3) is 0 Å². The first-order valence-electron chi connectivity index (χ1n) is 9.58. The highest BCUT2D eigenvalue weighted by Crippen LogP contribution is 2.34. The molecule has 8 heteroatoms. The first-order chi connectivity index (χ1) is 14.3. The number of thioether (sulfide) groups is 1. The van der Waals surface area contributed by atoms with E-state index < -0.39 is 5.25 Å². The van der Waals surface area contributed by atoms with Crippen molar-refractivity contribution in [3.8, 4) is 0 Å². The van der Waals surface area contributed by atoms with Crippen LogP contribution in [0.25, 0.3) is 10.2 Å². The Hall–Kier alpha value is -2.71. The largest absolute Gasteiger partial charge is 0.326 e. The molecule has 1 saturated heterocycles. The molecule has 2 amide bonds. The topological polar surface area (TPSA) is 74.7 Å². The third kappa shape index (κ3) is 4.11. The van der Waals surface area contributed by atoms with Gasteiger partial charge in [-0.05, 0) is 44.0 Å². The average Bonchev–Trinajstić information content (AvgIpc) is 3.21. The summed E-state index contributed by atoms with van der Waals surface area (Å²) in [5, 5.41) is 3.66. The number of fused-ring (bicyclic) bond motifs is 1. The van der Waals surface area contributed by atoms with E-state index in [1.807, 2.05) is 57.2 Å². The summed E-state index contributed by atoms with van der Waals surface area (Å²) >= 11 is 2.79. The number of amidine groups is 1. The van der Waals surface area contributed by atoms with Crippen molar-refractivity contribution >= 4 is 61.1 Å². The number of thiazole rings is 1. The zero-order valence-corrected chi connectivity index (χ0v) is 18.9. The van der Waals surface area contributed by atoms with Crippen LogP contribution < -0.4 is 5.32 Å². The quantitative estimate of drug-likeness (QED) is 0.634. The van der Waals surface area contributed by atoms with Crippen molar-refractivity contribution in [3.05, 3.63) is 53.1 Å². The van der Waals surface area contributed by atoms with Gasteiger partial charge in [0.2, 0.25) is 16.9 Å². The molecule has 30 heavy (non-hydrogen) atoms. The van der Waals surface area contributed by atoms with E-state index in [2.05, 4.69) is 15.3 Å². The molecule has 0 saturated carbocycles. The van der Waals surface area contributed by atoms with Crippen LogP contribution in [-0.4, -0.2) is 39.2 Å². The molecule has 1 fully saturated rings. The number of nitrogens with one attached hydrogen (secondary N) is 1. The summed E-state index contributed by atoms with van der Waals surface area (Å²) < 4.78 is 1.05. The minimum atomic E-state index is -0.491. The Labute approximate surface area is 183 Å². The number of para-hydroxylation sites is 1.